The van der Waals surface area contributed by atoms with Crippen molar-refractivity contribution in [3.63, 3.8) is 0 Å². The fourth-order valence-corrected chi connectivity index (χ4v) is 3.02. The summed E-state index contributed by atoms with van der Waals surface area (Å²) < 4.78 is 44.1. The lowest BCUT2D eigenvalue weighted by molar-refractivity contribution is -0.137. The number of rotatable bonds is 4. The first-order valence-corrected chi connectivity index (χ1v) is 8.51. The third-order valence-electron chi connectivity index (χ3n) is 4.37. The molecule has 0 bridgehead atoms. The SMILES string of the molecule is O=C(C(=O)N1CCOC(Cc2cccc(C(F)(F)F)c2)C1)c1ccccc1. The summed E-state index contributed by atoms with van der Waals surface area (Å²) in [6, 6.07) is 13.3. The van der Waals surface area contributed by atoms with Gasteiger partial charge in [0.05, 0.1) is 18.3 Å². The summed E-state index contributed by atoms with van der Waals surface area (Å²) in [6.07, 6.45) is -4.64. The minimum Gasteiger partial charge on any atom is -0.374 e. The summed E-state index contributed by atoms with van der Waals surface area (Å²) in [7, 11) is 0. The standard InChI is InChI=1S/C20H18F3NO3/c21-20(22,23)16-8-4-5-14(11-16)12-17-13-24(9-10-27-17)19(26)18(25)15-6-2-1-3-7-15/h1-8,11,17H,9-10,12-13H2. The summed E-state index contributed by atoms with van der Waals surface area (Å²) >= 11 is 0. The first kappa shape index (κ1) is 19.1. The molecule has 1 aliphatic rings. The van der Waals surface area contributed by atoms with Crippen molar-refractivity contribution in [3.8, 4) is 0 Å². The Labute approximate surface area is 154 Å². The Morgan fingerprint density at radius 2 is 1.81 bits per heavy atom. The smallest absolute Gasteiger partial charge is 0.374 e. The van der Waals surface area contributed by atoms with Crippen LogP contribution >= 0.6 is 0 Å². The van der Waals surface area contributed by atoms with Gasteiger partial charge in [-0.05, 0) is 11.6 Å². The molecule has 3 rings (SSSR count). The van der Waals surface area contributed by atoms with E-state index in [1.807, 2.05) is 0 Å². The van der Waals surface area contributed by atoms with Crippen molar-refractivity contribution in [2.45, 2.75) is 18.7 Å². The molecule has 27 heavy (non-hydrogen) atoms. The number of ether oxygens (including phenoxy) is 1. The fourth-order valence-electron chi connectivity index (χ4n) is 3.02. The molecule has 1 heterocycles. The van der Waals surface area contributed by atoms with E-state index in [1.165, 1.54) is 11.0 Å². The molecule has 1 fully saturated rings. The molecule has 1 atom stereocenters. The summed E-state index contributed by atoms with van der Waals surface area (Å²) in [4.78, 5) is 26.2. The molecule has 142 valence electrons. The third-order valence-corrected chi connectivity index (χ3v) is 4.37. The minimum atomic E-state index is -4.41. The van der Waals surface area contributed by atoms with Crippen molar-refractivity contribution in [2.75, 3.05) is 19.7 Å². The third kappa shape index (κ3) is 4.74. The number of amides is 1. The van der Waals surface area contributed by atoms with Crippen LogP contribution in [0.4, 0.5) is 13.2 Å². The van der Waals surface area contributed by atoms with Crippen molar-refractivity contribution in [3.05, 3.63) is 71.3 Å². The maximum absolute atomic E-state index is 12.8. The largest absolute Gasteiger partial charge is 0.416 e. The molecular weight excluding hydrogens is 359 g/mol. The second-order valence-electron chi connectivity index (χ2n) is 6.34. The lowest BCUT2D eigenvalue weighted by Gasteiger charge is -2.32. The maximum atomic E-state index is 12.8. The van der Waals surface area contributed by atoms with Crippen LogP contribution in [0.1, 0.15) is 21.5 Å². The monoisotopic (exact) mass is 377 g/mol. The zero-order valence-electron chi connectivity index (χ0n) is 14.4. The van der Waals surface area contributed by atoms with Crippen LogP contribution in [-0.2, 0) is 22.1 Å². The zero-order valence-corrected chi connectivity index (χ0v) is 14.4. The number of ketones is 1. The van der Waals surface area contributed by atoms with Crippen molar-refractivity contribution >= 4 is 11.7 Å². The molecule has 1 unspecified atom stereocenters. The number of carbonyl (C=O) groups excluding carboxylic acids is 2. The highest BCUT2D eigenvalue weighted by atomic mass is 19.4. The van der Waals surface area contributed by atoms with Gasteiger partial charge in [0.15, 0.2) is 0 Å². The molecule has 2 aromatic rings. The van der Waals surface area contributed by atoms with Gasteiger partial charge in [0.1, 0.15) is 0 Å². The molecule has 0 saturated carbocycles. The van der Waals surface area contributed by atoms with E-state index in [4.69, 9.17) is 4.74 Å². The lowest BCUT2D eigenvalue weighted by Crippen LogP contribution is -2.48. The molecule has 1 aliphatic heterocycles. The quantitative estimate of drug-likeness (QED) is 0.606. The highest BCUT2D eigenvalue weighted by Crippen LogP contribution is 2.30. The predicted octanol–water partition coefficient (Wildman–Crippen LogP) is 3.36. The first-order valence-electron chi connectivity index (χ1n) is 8.51. The van der Waals surface area contributed by atoms with Gasteiger partial charge < -0.3 is 9.64 Å². The van der Waals surface area contributed by atoms with Crippen LogP contribution in [0.2, 0.25) is 0 Å². The molecular formula is C20H18F3NO3. The van der Waals surface area contributed by atoms with E-state index >= 15 is 0 Å². The Morgan fingerprint density at radius 3 is 2.52 bits per heavy atom. The van der Waals surface area contributed by atoms with Crippen LogP contribution in [-0.4, -0.2) is 42.4 Å². The highest BCUT2D eigenvalue weighted by molar-refractivity contribution is 6.42. The average molecular weight is 377 g/mol. The molecule has 1 saturated heterocycles. The number of hydrogen-bond acceptors (Lipinski definition) is 3. The van der Waals surface area contributed by atoms with E-state index in [-0.39, 0.29) is 26.1 Å². The normalized spacial score (nSPS) is 17.6. The van der Waals surface area contributed by atoms with E-state index in [1.54, 1.807) is 36.4 Å². The summed E-state index contributed by atoms with van der Waals surface area (Å²) in [5.41, 5.74) is 0.0601. The van der Waals surface area contributed by atoms with E-state index < -0.39 is 29.5 Å². The van der Waals surface area contributed by atoms with E-state index in [0.717, 1.165) is 12.1 Å². The molecule has 0 spiro atoms. The first-order chi connectivity index (χ1) is 12.8. The van der Waals surface area contributed by atoms with Gasteiger partial charge in [-0.2, -0.15) is 13.2 Å². The lowest BCUT2D eigenvalue weighted by atomic mass is 10.0. The van der Waals surface area contributed by atoms with Crippen molar-refractivity contribution < 1.29 is 27.5 Å². The second-order valence-corrected chi connectivity index (χ2v) is 6.34. The Balaban J connectivity index is 1.66. The molecule has 4 nitrogen and oxygen atoms in total. The van der Waals surface area contributed by atoms with Gasteiger partial charge in [0.2, 0.25) is 5.78 Å². The molecule has 1 amide bonds. The van der Waals surface area contributed by atoms with Crippen LogP contribution in [0, 0.1) is 0 Å². The zero-order chi connectivity index (χ0) is 19.4. The number of alkyl halides is 3. The molecule has 7 heteroatoms. The van der Waals surface area contributed by atoms with Crippen molar-refractivity contribution in [1.82, 2.24) is 4.90 Å². The van der Waals surface area contributed by atoms with Crippen molar-refractivity contribution in [2.24, 2.45) is 0 Å². The van der Waals surface area contributed by atoms with Gasteiger partial charge in [-0.1, -0.05) is 48.5 Å². The predicted molar refractivity (Wildman–Crippen MR) is 92.2 cm³/mol. The van der Waals surface area contributed by atoms with Crippen LogP contribution in [0.15, 0.2) is 54.6 Å². The van der Waals surface area contributed by atoms with Crippen LogP contribution in [0.25, 0.3) is 0 Å². The molecule has 0 N–H and O–H groups in total. The van der Waals surface area contributed by atoms with Gasteiger partial charge >= 0.3 is 6.18 Å². The van der Waals surface area contributed by atoms with E-state index in [2.05, 4.69) is 0 Å². The topological polar surface area (TPSA) is 46.6 Å². The maximum Gasteiger partial charge on any atom is 0.416 e. The molecule has 0 radical (unpaired) electrons. The van der Waals surface area contributed by atoms with Gasteiger partial charge in [-0.25, -0.2) is 0 Å². The average Bonchev–Trinajstić information content (AvgIpc) is 2.67. The molecule has 0 aliphatic carbocycles. The van der Waals surface area contributed by atoms with Crippen molar-refractivity contribution in [1.29, 1.82) is 0 Å². The van der Waals surface area contributed by atoms with Crippen LogP contribution < -0.4 is 0 Å². The molecule has 2 aromatic carbocycles. The van der Waals surface area contributed by atoms with E-state index in [9.17, 15) is 22.8 Å². The Kier molecular flexibility index (Phi) is 5.60. The van der Waals surface area contributed by atoms with Crippen LogP contribution in [0.3, 0.4) is 0 Å². The Hall–Kier alpha value is -2.67. The minimum absolute atomic E-state index is 0.160. The number of Topliss-reactive ketones (excluding diaryl/α,β-unsaturated/α-hetero) is 1. The van der Waals surface area contributed by atoms with E-state index in [0.29, 0.717) is 11.1 Å². The number of hydrogen-bond donors (Lipinski definition) is 0. The Bertz CT molecular complexity index is 821. The number of halogens is 3. The number of carbonyl (C=O) groups is 2. The van der Waals surface area contributed by atoms with Gasteiger partial charge in [0, 0.05) is 25.1 Å². The van der Waals surface area contributed by atoms with Crippen LogP contribution in [0.5, 0.6) is 0 Å². The van der Waals surface area contributed by atoms with Gasteiger partial charge in [0.25, 0.3) is 5.91 Å². The number of morpholine rings is 1. The fraction of sp³-hybridized carbons (Fsp3) is 0.300. The van der Waals surface area contributed by atoms with Gasteiger partial charge in [-0.3, -0.25) is 9.59 Å². The number of nitrogens with zero attached hydrogens (tertiary/aromatic N) is 1. The molecule has 0 aromatic heterocycles. The summed E-state index contributed by atoms with van der Waals surface area (Å²) in [5.74, 6) is -1.23. The summed E-state index contributed by atoms with van der Waals surface area (Å²) in [5, 5.41) is 0. The Morgan fingerprint density at radius 1 is 1.07 bits per heavy atom. The number of benzene rings is 2. The van der Waals surface area contributed by atoms with Gasteiger partial charge in [-0.15, -0.1) is 0 Å². The summed E-state index contributed by atoms with van der Waals surface area (Å²) in [6.45, 7) is 0.668. The second kappa shape index (κ2) is 7.92. The highest BCUT2D eigenvalue weighted by Gasteiger charge is 2.32.